The molecule has 0 heterocycles. The van der Waals surface area contributed by atoms with E-state index in [0.717, 1.165) is 6.42 Å². The Morgan fingerprint density at radius 3 is 2.77 bits per heavy atom. The molecule has 0 amide bonds. The minimum absolute atomic E-state index is 0.208. The van der Waals surface area contributed by atoms with Crippen molar-refractivity contribution >= 4 is 27.5 Å². The molecule has 13 heavy (non-hydrogen) atoms. The van der Waals surface area contributed by atoms with Crippen LogP contribution in [0.4, 0.5) is 4.39 Å². The van der Waals surface area contributed by atoms with Crippen molar-refractivity contribution in [2.75, 3.05) is 0 Å². The third-order valence-electron chi connectivity index (χ3n) is 1.85. The van der Waals surface area contributed by atoms with Gasteiger partial charge in [-0.3, -0.25) is 0 Å². The average Bonchev–Trinajstić information content (AvgIpc) is 2.03. The predicted molar refractivity (Wildman–Crippen MR) is 58.1 cm³/mol. The third-order valence-corrected chi connectivity index (χ3v) is 2.67. The van der Waals surface area contributed by atoms with E-state index in [0.29, 0.717) is 21.8 Å². The van der Waals surface area contributed by atoms with E-state index in [4.69, 9.17) is 11.6 Å². The van der Waals surface area contributed by atoms with Gasteiger partial charge >= 0.3 is 0 Å². The van der Waals surface area contributed by atoms with Crippen molar-refractivity contribution in [1.29, 1.82) is 0 Å². The summed E-state index contributed by atoms with van der Waals surface area (Å²) in [6.07, 6.45) is 1.57. The zero-order valence-electron chi connectivity index (χ0n) is 7.36. The highest BCUT2D eigenvalue weighted by Crippen LogP contribution is 2.21. The van der Waals surface area contributed by atoms with Crippen LogP contribution in [0.5, 0.6) is 0 Å². The van der Waals surface area contributed by atoms with Crippen molar-refractivity contribution in [3.05, 3.63) is 34.6 Å². The Bertz CT molecular complexity index is 266. The van der Waals surface area contributed by atoms with Gasteiger partial charge in [0.05, 0.1) is 0 Å². The summed E-state index contributed by atoms with van der Waals surface area (Å²) in [7, 11) is 0. The van der Waals surface area contributed by atoms with E-state index in [2.05, 4.69) is 15.9 Å². The summed E-state index contributed by atoms with van der Waals surface area (Å²) in [5, 5.41) is 0.521. The molecule has 0 nitrogen and oxygen atoms in total. The Labute approximate surface area is 91.2 Å². The fourth-order valence-electron chi connectivity index (χ4n) is 1.11. The average molecular weight is 266 g/mol. The van der Waals surface area contributed by atoms with Gasteiger partial charge in [-0.05, 0) is 25.0 Å². The Morgan fingerprint density at radius 1 is 1.54 bits per heavy atom. The second-order valence-electron chi connectivity index (χ2n) is 3.02. The van der Waals surface area contributed by atoms with E-state index in [1.807, 2.05) is 6.92 Å². The molecule has 0 bridgehead atoms. The number of alkyl halides is 1. The molecule has 0 saturated heterocycles. The van der Waals surface area contributed by atoms with E-state index < -0.39 is 0 Å². The molecule has 0 aromatic heterocycles. The minimum Gasteiger partial charge on any atom is -0.207 e. The van der Waals surface area contributed by atoms with Gasteiger partial charge < -0.3 is 0 Å². The third kappa shape index (κ3) is 3.28. The molecule has 0 N–H and O–H groups in total. The summed E-state index contributed by atoms with van der Waals surface area (Å²) in [5.41, 5.74) is 0.621. The predicted octanol–water partition coefficient (Wildman–Crippen LogP) is 4.20. The van der Waals surface area contributed by atoms with Gasteiger partial charge in [0.25, 0.3) is 0 Å². The molecule has 1 aromatic carbocycles. The number of hydrogen-bond acceptors (Lipinski definition) is 0. The topological polar surface area (TPSA) is 0 Å². The summed E-state index contributed by atoms with van der Waals surface area (Å²) >= 11 is 9.27. The Balaban J connectivity index is 2.75. The van der Waals surface area contributed by atoms with Crippen molar-refractivity contribution in [2.45, 2.75) is 24.6 Å². The van der Waals surface area contributed by atoms with Crippen LogP contribution >= 0.6 is 27.5 Å². The fraction of sp³-hybridized carbons (Fsp3) is 0.400. The van der Waals surface area contributed by atoms with Gasteiger partial charge in [-0.1, -0.05) is 40.5 Å². The van der Waals surface area contributed by atoms with Crippen LogP contribution in [0, 0.1) is 5.82 Å². The highest BCUT2D eigenvalue weighted by molar-refractivity contribution is 9.09. The van der Waals surface area contributed by atoms with Gasteiger partial charge in [-0.2, -0.15) is 0 Å². The van der Waals surface area contributed by atoms with Crippen molar-refractivity contribution in [1.82, 2.24) is 0 Å². The second kappa shape index (κ2) is 4.97. The molecule has 1 rings (SSSR count). The van der Waals surface area contributed by atoms with Crippen molar-refractivity contribution in [3.8, 4) is 0 Å². The normalized spacial score (nSPS) is 12.9. The summed E-state index contributed by atoms with van der Waals surface area (Å²) in [6, 6.07) is 4.79. The summed E-state index contributed by atoms with van der Waals surface area (Å²) in [4.78, 5) is 0.392. The lowest BCUT2D eigenvalue weighted by molar-refractivity contribution is 0.605. The maximum Gasteiger partial charge on any atom is 0.127 e. The van der Waals surface area contributed by atoms with Crippen LogP contribution in [0.2, 0.25) is 5.02 Å². The quantitative estimate of drug-likeness (QED) is 0.719. The maximum atomic E-state index is 13.2. The molecule has 0 spiro atoms. The molecule has 72 valence electrons. The van der Waals surface area contributed by atoms with Gasteiger partial charge in [0, 0.05) is 15.4 Å². The van der Waals surface area contributed by atoms with Gasteiger partial charge in [-0.15, -0.1) is 0 Å². The first-order chi connectivity index (χ1) is 6.11. The molecule has 0 fully saturated rings. The van der Waals surface area contributed by atoms with E-state index in [9.17, 15) is 4.39 Å². The van der Waals surface area contributed by atoms with Crippen LogP contribution in [0.3, 0.4) is 0 Å². The minimum atomic E-state index is -0.208. The summed E-state index contributed by atoms with van der Waals surface area (Å²) in [5.74, 6) is -0.208. The van der Waals surface area contributed by atoms with Gasteiger partial charge in [0.2, 0.25) is 0 Å². The first kappa shape index (κ1) is 11.0. The number of halogens is 3. The van der Waals surface area contributed by atoms with Crippen LogP contribution < -0.4 is 0 Å². The largest absolute Gasteiger partial charge is 0.207 e. The maximum absolute atomic E-state index is 13.2. The second-order valence-corrected chi connectivity index (χ2v) is 4.99. The molecule has 1 unspecified atom stereocenters. The van der Waals surface area contributed by atoms with Gasteiger partial charge in [-0.25, -0.2) is 4.39 Å². The monoisotopic (exact) mass is 264 g/mol. The number of benzene rings is 1. The lowest BCUT2D eigenvalue weighted by Gasteiger charge is -2.06. The van der Waals surface area contributed by atoms with Crippen molar-refractivity contribution < 1.29 is 4.39 Å². The van der Waals surface area contributed by atoms with Gasteiger partial charge in [0.1, 0.15) is 5.82 Å². The molecular formula is C10H11BrClF. The van der Waals surface area contributed by atoms with Crippen LogP contribution in [0.1, 0.15) is 18.9 Å². The lowest BCUT2D eigenvalue weighted by Crippen LogP contribution is -1.97. The fourth-order valence-corrected chi connectivity index (χ4v) is 1.60. The van der Waals surface area contributed by atoms with Crippen molar-refractivity contribution in [3.63, 3.8) is 0 Å². The Kier molecular flexibility index (Phi) is 4.20. The highest BCUT2D eigenvalue weighted by atomic mass is 79.9. The van der Waals surface area contributed by atoms with Crippen LogP contribution in [-0.4, -0.2) is 4.83 Å². The molecule has 0 aliphatic carbocycles. The Hall–Kier alpha value is -0.0800. The van der Waals surface area contributed by atoms with E-state index in [-0.39, 0.29) is 5.82 Å². The molecule has 3 heteroatoms. The van der Waals surface area contributed by atoms with Crippen molar-refractivity contribution in [2.24, 2.45) is 0 Å². The first-order valence-electron chi connectivity index (χ1n) is 4.18. The smallest absolute Gasteiger partial charge is 0.127 e. The van der Waals surface area contributed by atoms with E-state index in [1.165, 1.54) is 6.07 Å². The first-order valence-corrected chi connectivity index (χ1v) is 5.47. The molecular weight excluding hydrogens is 254 g/mol. The van der Waals surface area contributed by atoms with E-state index >= 15 is 0 Å². The molecule has 1 aromatic rings. The summed E-state index contributed by atoms with van der Waals surface area (Å²) in [6.45, 7) is 2.04. The van der Waals surface area contributed by atoms with Gasteiger partial charge in [0.15, 0.2) is 0 Å². The Morgan fingerprint density at radius 2 is 2.23 bits per heavy atom. The SMILES string of the molecule is CC(Br)CCc1c(F)cccc1Cl. The molecule has 0 saturated carbocycles. The van der Waals surface area contributed by atoms with E-state index in [1.54, 1.807) is 12.1 Å². The van der Waals surface area contributed by atoms with Crippen LogP contribution in [0.25, 0.3) is 0 Å². The molecule has 0 aliphatic heterocycles. The van der Waals surface area contributed by atoms with Crippen LogP contribution in [0.15, 0.2) is 18.2 Å². The molecule has 1 atom stereocenters. The number of hydrogen-bond donors (Lipinski definition) is 0. The zero-order chi connectivity index (χ0) is 9.84. The highest BCUT2D eigenvalue weighted by Gasteiger charge is 2.07. The molecule has 0 aliphatic rings. The molecule has 0 radical (unpaired) electrons. The lowest BCUT2D eigenvalue weighted by atomic mass is 10.1. The summed E-state index contributed by atoms with van der Waals surface area (Å²) < 4.78 is 13.2. The van der Waals surface area contributed by atoms with Crippen LogP contribution in [-0.2, 0) is 6.42 Å². The standard InChI is InChI=1S/C10H11BrClF/c1-7(11)5-6-8-9(12)3-2-4-10(8)13/h2-4,7H,5-6H2,1H3. The number of rotatable bonds is 3. The zero-order valence-corrected chi connectivity index (χ0v) is 9.70.